The first kappa shape index (κ1) is 14.0. The van der Waals surface area contributed by atoms with Gasteiger partial charge in [0.05, 0.1) is 0 Å². The summed E-state index contributed by atoms with van der Waals surface area (Å²) in [5.41, 5.74) is 8.49. The molecule has 0 radical (unpaired) electrons. The normalized spacial score (nSPS) is 12.3. The largest absolute Gasteiger partial charge is 0.508 e. The number of aromatic hydroxyl groups is 1. The summed E-state index contributed by atoms with van der Waals surface area (Å²) in [6.45, 7) is 2.09. The molecule has 1 atom stereocenters. The summed E-state index contributed by atoms with van der Waals surface area (Å²) < 4.78 is 0. The molecular formula is C16H19NOS. The minimum Gasteiger partial charge on any atom is -0.508 e. The topological polar surface area (TPSA) is 46.2 Å². The van der Waals surface area contributed by atoms with Gasteiger partial charge in [-0.15, -0.1) is 11.8 Å². The van der Waals surface area contributed by atoms with E-state index in [1.165, 1.54) is 10.5 Å². The van der Waals surface area contributed by atoms with Gasteiger partial charge >= 0.3 is 0 Å². The van der Waals surface area contributed by atoms with E-state index in [1.54, 1.807) is 23.9 Å². The van der Waals surface area contributed by atoms with Gasteiger partial charge in [0.25, 0.3) is 0 Å². The molecule has 0 aliphatic carbocycles. The Labute approximate surface area is 118 Å². The monoisotopic (exact) mass is 273 g/mol. The van der Waals surface area contributed by atoms with E-state index in [1.807, 2.05) is 12.1 Å². The first-order valence-corrected chi connectivity index (χ1v) is 7.35. The number of aryl methyl sites for hydroxylation is 1. The van der Waals surface area contributed by atoms with Crippen molar-refractivity contribution in [2.75, 3.05) is 5.75 Å². The van der Waals surface area contributed by atoms with Crippen LogP contribution in [-0.2, 0) is 6.42 Å². The Bertz CT molecular complexity index is 542. The van der Waals surface area contributed by atoms with E-state index in [0.29, 0.717) is 5.75 Å². The van der Waals surface area contributed by atoms with Gasteiger partial charge in [-0.3, -0.25) is 0 Å². The van der Waals surface area contributed by atoms with E-state index in [-0.39, 0.29) is 6.04 Å². The maximum absolute atomic E-state index is 9.42. The van der Waals surface area contributed by atoms with E-state index in [9.17, 15) is 5.11 Å². The Morgan fingerprint density at radius 3 is 2.68 bits per heavy atom. The Hall–Kier alpha value is -1.45. The van der Waals surface area contributed by atoms with Crippen LogP contribution in [0.3, 0.4) is 0 Å². The van der Waals surface area contributed by atoms with Crippen molar-refractivity contribution < 1.29 is 5.11 Å². The summed E-state index contributed by atoms with van der Waals surface area (Å²) in [7, 11) is 0. The fourth-order valence-electron chi connectivity index (χ4n) is 1.95. The predicted molar refractivity (Wildman–Crippen MR) is 81.7 cm³/mol. The van der Waals surface area contributed by atoms with Gasteiger partial charge in [-0.05, 0) is 43.2 Å². The lowest BCUT2D eigenvalue weighted by Gasteiger charge is -2.11. The van der Waals surface area contributed by atoms with Crippen molar-refractivity contribution >= 4 is 11.8 Å². The van der Waals surface area contributed by atoms with E-state index in [4.69, 9.17) is 5.73 Å². The minimum atomic E-state index is 0.0901. The van der Waals surface area contributed by atoms with Gasteiger partial charge in [-0.25, -0.2) is 0 Å². The fraction of sp³-hybridized carbons (Fsp3) is 0.250. The van der Waals surface area contributed by atoms with E-state index < -0.39 is 0 Å². The Kier molecular flexibility index (Phi) is 4.88. The zero-order valence-electron chi connectivity index (χ0n) is 11.0. The van der Waals surface area contributed by atoms with Crippen molar-refractivity contribution in [2.24, 2.45) is 5.73 Å². The average molecular weight is 273 g/mol. The molecule has 0 saturated carbocycles. The van der Waals surface area contributed by atoms with Crippen molar-refractivity contribution in [3.63, 3.8) is 0 Å². The molecule has 3 N–H and O–H groups in total. The number of benzene rings is 2. The highest BCUT2D eigenvalue weighted by atomic mass is 32.2. The maximum atomic E-state index is 9.42. The molecule has 0 spiro atoms. The third-order valence-corrected chi connectivity index (χ3v) is 4.04. The number of nitrogens with two attached hydrogens (primary N) is 1. The summed E-state index contributed by atoms with van der Waals surface area (Å²) in [6.07, 6.45) is 0.785. The second kappa shape index (κ2) is 6.64. The highest BCUT2D eigenvalue weighted by Crippen LogP contribution is 2.20. The first-order chi connectivity index (χ1) is 9.13. The SMILES string of the molecule is Cc1cccc(SCC(N)Cc2cccc(O)c2)c1. The number of phenolic OH excluding ortho intramolecular Hbond substituents is 1. The van der Waals surface area contributed by atoms with Gasteiger partial charge in [0.1, 0.15) is 5.75 Å². The molecule has 2 rings (SSSR count). The Balaban J connectivity index is 1.86. The molecule has 1 unspecified atom stereocenters. The summed E-state index contributed by atoms with van der Waals surface area (Å²) in [5, 5.41) is 9.42. The summed E-state index contributed by atoms with van der Waals surface area (Å²) >= 11 is 1.78. The Morgan fingerprint density at radius 2 is 1.95 bits per heavy atom. The molecule has 2 nitrogen and oxygen atoms in total. The Morgan fingerprint density at radius 1 is 1.16 bits per heavy atom. The third kappa shape index (κ3) is 4.62. The molecule has 0 saturated heterocycles. The molecule has 0 aromatic heterocycles. The van der Waals surface area contributed by atoms with Crippen LogP contribution < -0.4 is 5.73 Å². The van der Waals surface area contributed by atoms with Gasteiger partial charge in [-0.1, -0.05) is 29.8 Å². The van der Waals surface area contributed by atoms with Crippen LogP contribution in [0, 0.1) is 6.92 Å². The molecule has 3 heteroatoms. The molecule has 19 heavy (non-hydrogen) atoms. The number of thioether (sulfide) groups is 1. The summed E-state index contributed by atoms with van der Waals surface area (Å²) in [4.78, 5) is 1.26. The number of rotatable bonds is 5. The molecule has 0 amide bonds. The highest BCUT2D eigenvalue weighted by molar-refractivity contribution is 7.99. The van der Waals surface area contributed by atoms with Crippen LogP contribution in [0.15, 0.2) is 53.4 Å². The molecule has 0 bridgehead atoms. The van der Waals surface area contributed by atoms with Crippen LogP contribution in [0.2, 0.25) is 0 Å². The second-order valence-electron chi connectivity index (χ2n) is 4.76. The molecule has 2 aromatic carbocycles. The van der Waals surface area contributed by atoms with Crippen LogP contribution in [0.5, 0.6) is 5.75 Å². The van der Waals surface area contributed by atoms with Gasteiger partial charge in [0.2, 0.25) is 0 Å². The lowest BCUT2D eigenvalue weighted by Crippen LogP contribution is -2.25. The van der Waals surface area contributed by atoms with Crippen LogP contribution in [0.25, 0.3) is 0 Å². The second-order valence-corrected chi connectivity index (χ2v) is 5.86. The quantitative estimate of drug-likeness (QED) is 0.821. The minimum absolute atomic E-state index is 0.0901. The van der Waals surface area contributed by atoms with Gasteiger partial charge in [0.15, 0.2) is 0 Å². The zero-order valence-corrected chi connectivity index (χ0v) is 11.9. The predicted octanol–water partition coefficient (Wildman–Crippen LogP) is 3.36. The molecule has 0 aliphatic heterocycles. The van der Waals surface area contributed by atoms with E-state index in [2.05, 4.69) is 31.2 Å². The van der Waals surface area contributed by atoms with Crippen molar-refractivity contribution in [1.29, 1.82) is 0 Å². The third-order valence-electron chi connectivity index (χ3n) is 2.86. The molecular weight excluding hydrogens is 254 g/mol. The van der Waals surface area contributed by atoms with Crippen molar-refractivity contribution in [3.8, 4) is 5.75 Å². The van der Waals surface area contributed by atoms with Gasteiger partial charge in [-0.2, -0.15) is 0 Å². The smallest absolute Gasteiger partial charge is 0.115 e. The highest BCUT2D eigenvalue weighted by Gasteiger charge is 2.06. The van der Waals surface area contributed by atoms with E-state index in [0.717, 1.165) is 17.7 Å². The van der Waals surface area contributed by atoms with Crippen molar-refractivity contribution in [3.05, 3.63) is 59.7 Å². The lowest BCUT2D eigenvalue weighted by atomic mass is 10.1. The van der Waals surface area contributed by atoms with Crippen LogP contribution in [0.1, 0.15) is 11.1 Å². The molecule has 0 aliphatic rings. The lowest BCUT2D eigenvalue weighted by molar-refractivity contribution is 0.474. The fourth-order valence-corrected chi connectivity index (χ4v) is 2.92. The standard InChI is InChI=1S/C16H19NOS/c1-12-4-2-7-16(8-12)19-11-14(17)9-13-5-3-6-15(18)10-13/h2-8,10,14,18H,9,11,17H2,1H3. The van der Waals surface area contributed by atoms with Crippen LogP contribution in [-0.4, -0.2) is 16.9 Å². The van der Waals surface area contributed by atoms with Gasteiger partial charge in [0, 0.05) is 16.7 Å². The molecule has 2 aromatic rings. The molecule has 0 fully saturated rings. The van der Waals surface area contributed by atoms with Crippen molar-refractivity contribution in [2.45, 2.75) is 24.3 Å². The average Bonchev–Trinajstić information content (AvgIpc) is 2.36. The number of phenols is 1. The van der Waals surface area contributed by atoms with Crippen LogP contribution in [0.4, 0.5) is 0 Å². The molecule has 0 heterocycles. The van der Waals surface area contributed by atoms with E-state index >= 15 is 0 Å². The number of hydrogen-bond donors (Lipinski definition) is 2. The van der Waals surface area contributed by atoms with Gasteiger partial charge < -0.3 is 10.8 Å². The number of hydrogen-bond acceptors (Lipinski definition) is 3. The first-order valence-electron chi connectivity index (χ1n) is 6.36. The maximum Gasteiger partial charge on any atom is 0.115 e. The summed E-state index contributed by atoms with van der Waals surface area (Å²) in [6, 6.07) is 15.8. The van der Waals surface area contributed by atoms with Crippen molar-refractivity contribution in [1.82, 2.24) is 0 Å². The summed E-state index contributed by atoms with van der Waals surface area (Å²) in [5.74, 6) is 1.18. The zero-order chi connectivity index (χ0) is 13.7. The molecule has 100 valence electrons. The van der Waals surface area contributed by atoms with Crippen LogP contribution >= 0.6 is 11.8 Å².